The van der Waals surface area contributed by atoms with Crippen molar-refractivity contribution in [3.05, 3.63) is 23.5 Å². The molecule has 0 aliphatic carbocycles. The number of amides is 1. The molecule has 1 heterocycles. The second-order valence-electron chi connectivity index (χ2n) is 5.75. The molecule has 0 bridgehead atoms. The molecule has 19 heavy (non-hydrogen) atoms. The lowest BCUT2D eigenvalue weighted by molar-refractivity contribution is -0.123. The van der Waals surface area contributed by atoms with Crippen LogP contribution in [0.5, 0.6) is 0 Å². The molecule has 1 rings (SSSR count). The van der Waals surface area contributed by atoms with Gasteiger partial charge in [-0.25, -0.2) is 0 Å². The monoisotopic (exact) mass is 262 g/mol. The first-order valence-electron chi connectivity index (χ1n) is 6.20. The maximum Gasteiger partial charge on any atom is 0.230 e. The van der Waals surface area contributed by atoms with Crippen LogP contribution in [0.2, 0.25) is 0 Å². The van der Waals surface area contributed by atoms with Crippen molar-refractivity contribution >= 4 is 17.8 Å². The first-order valence-corrected chi connectivity index (χ1v) is 6.20. The first kappa shape index (κ1) is 15.1. The van der Waals surface area contributed by atoms with Gasteiger partial charge in [0.05, 0.1) is 5.69 Å². The quantitative estimate of drug-likeness (QED) is 0.908. The van der Waals surface area contributed by atoms with Gasteiger partial charge in [0.15, 0.2) is 5.82 Å². The lowest BCUT2D eigenvalue weighted by atomic mass is 9.96. The Morgan fingerprint density at radius 2 is 1.95 bits per heavy atom. The van der Waals surface area contributed by atoms with Crippen LogP contribution < -0.4 is 5.32 Å². The molecule has 0 atom stereocenters. The molecule has 0 aliphatic rings. The van der Waals surface area contributed by atoms with Crippen LogP contribution in [0.4, 0.5) is 5.82 Å². The van der Waals surface area contributed by atoms with Crippen molar-refractivity contribution in [1.82, 2.24) is 15.1 Å². The van der Waals surface area contributed by atoms with E-state index in [1.807, 2.05) is 65.0 Å². The Kier molecular flexibility index (Phi) is 4.64. The highest BCUT2D eigenvalue weighted by molar-refractivity contribution is 5.93. The van der Waals surface area contributed by atoms with E-state index in [2.05, 4.69) is 15.5 Å². The van der Waals surface area contributed by atoms with Gasteiger partial charge in [-0.1, -0.05) is 20.8 Å². The van der Waals surface area contributed by atoms with Crippen molar-refractivity contribution < 1.29 is 4.79 Å². The molecule has 104 valence electrons. The Morgan fingerprint density at radius 3 is 2.47 bits per heavy atom. The minimum atomic E-state index is -0.452. The molecule has 0 saturated heterocycles. The number of anilines is 1. The Bertz CT molecular complexity index is 487. The maximum absolute atomic E-state index is 11.9. The number of nitrogens with one attached hydrogen (secondary N) is 1. The normalized spacial score (nSPS) is 11.7. The summed E-state index contributed by atoms with van der Waals surface area (Å²) in [5, 5.41) is 10.8. The van der Waals surface area contributed by atoms with Crippen LogP contribution in [0.3, 0.4) is 0 Å². The lowest BCUT2D eigenvalue weighted by Gasteiger charge is -2.17. The molecular weight excluding hydrogens is 240 g/mol. The highest BCUT2D eigenvalue weighted by atomic mass is 16.2. The van der Waals surface area contributed by atoms with Crippen LogP contribution in [0, 0.1) is 12.3 Å². The topological polar surface area (TPSA) is 58.1 Å². The predicted molar refractivity (Wildman–Crippen MR) is 77.6 cm³/mol. The summed E-state index contributed by atoms with van der Waals surface area (Å²) in [5.41, 5.74) is 1.31. The molecule has 1 aromatic heterocycles. The third-order valence-corrected chi connectivity index (χ3v) is 2.49. The zero-order valence-corrected chi connectivity index (χ0v) is 12.5. The van der Waals surface area contributed by atoms with Gasteiger partial charge >= 0.3 is 0 Å². The molecule has 0 fully saturated rings. The summed E-state index contributed by atoms with van der Waals surface area (Å²) in [6.07, 6.45) is 3.87. The summed E-state index contributed by atoms with van der Waals surface area (Å²) in [5.74, 6) is 0.400. The third kappa shape index (κ3) is 4.69. The number of hydrogen-bond donors (Lipinski definition) is 1. The molecule has 1 N–H and O–H groups in total. The predicted octanol–water partition coefficient (Wildman–Crippen LogP) is 2.30. The lowest BCUT2D eigenvalue weighted by Crippen LogP contribution is -2.28. The van der Waals surface area contributed by atoms with Gasteiger partial charge in [0.2, 0.25) is 5.91 Å². The molecule has 0 saturated carbocycles. The second-order valence-corrected chi connectivity index (χ2v) is 5.75. The van der Waals surface area contributed by atoms with E-state index in [0.29, 0.717) is 5.82 Å². The van der Waals surface area contributed by atoms with Crippen molar-refractivity contribution in [2.45, 2.75) is 27.7 Å². The fourth-order valence-electron chi connectivity index (χ4n) is 1.23. The van der Waals surface area contributed by atoms with Crippen molar-refractivity contribution in [2.24, 2.45) is 5.41 Å². The van der Waals surface area contributed by atoms with E-state index >= 15 is 0 Å². The number of carbonyl (C=O) groups excluding carboxylic acids is 1. The standard InChI is InChI=1S/C14H22N4O/c1-10-11(7-8-18(5)6)9-12(17-16-10)15-13(19)14(2,3)4/h7-9H,1-6H3,(H,15,17,19)/b8-7+. The smallest absolute Gasteiger partial charge is 0.230 e. The van der Waals surface area contributed by atoms with E-state index < -0.39 is 5.41 Å². The minimum absolute atomic E-state index is 0.0757. The Labute approximate surface area is 114 Å². The van der Waals surface area contributed by atoms with Crippen LogP contribution in [-0.4, -0.2) is 35.1 Å². The van der Waals surface area contributed by atoms with Gasteiger partial charge in [-0.2, -0.15) is 5.10 Å². The number of carbonyl (C=O) groups is 1. The van der Waals surface area contributed by atoms with Crippen LogP contribution >= 0.6 is 0 Å². The summed E-state index contributed by atoms with van der Waals surface area (Å²) in [6.45, 7) is 7.46. The summed E-state index contributed by atoms with van der Waals surface area (Å²) in [4.78, 5) is 13.8. The highest BCUT2D eigenvalue weighted by Crippen LogP contribution is 2.17. The summed E-state index contributed by atoms with van der Waals surface area (Å²) in [6, 6.07) is 1.83. The summed E-state index contributed by atoms with van der Waals surface area (Å²) >= 11 is 0. The first-order chi connectivity index (χ1) is 8.70. The minimum Gasteiger partial charge on any atom is -0.383 e. The van der Waals surface area contributed by atoms with E-state index in [-0.39, 0.29) is 5.91 Å². The molecule has 5 nitrogen and oxygen atoms in total. The average molecular weight is 262 g/mol. The van der Waals surface area contributed by atoms with Crippen LogP contribution in [-0.2, 0) is 4.79 Å². The van der Waals surface area contributed by atoms with E-state index in [4.69, 9.17) is 0 Å². The number of nitrogens with zero attached hydrogens (tertiary/aromatic N) is 3. The van der Waals surface area contributed by atoms with Crippen LogP contribution in [0.1, 0.15) is 32.0 Å². The van der Waals surface area contributed by atoms with Crippen LogP contribution in [0.15, 0.2) is 12.3 Å². The fourth-order valence-corrected chi connectivity index (χ4v) is 1.23. The van der Waals surface area contributed by atoms with Gasteiger partial charge < -0.3 is 10.2 Å². The van der Waals surface area contributed by atoms with E-state index in [9.17, 15) is 4.79 Å². The van der Waals surface area contributed by atoms with Gasteiger partial charge in [0.1, 0.15) is 0 Å². The molecule has 0 aliphatic heterocycles. The summed E-state index contributed by atoms with van der Waals surface area (Å²) in [7, 11) is 3.89. The van der Waals surface area contributed by atoms with Gasteiger partial charge in [-0.15, -0.1) is 5.10 Å². The van der Waals surface area contributed by atoms with Crippen molar-refractivity contribution in [3.8, 4) is 0 Å². The largest absolute Gasteiger partial charge is 0.383 e. The summed E-state index contributed by atoms with van der Waals surface area (Å²) < 4.78 is 0. The molecule has 5 heteroatoms. The van der Waals surface area contributed by atoms with Gasteiger partial charge in [0, 0.05) is 25.1 Å². The zero-order chi connectivity index (χ0) is 14.6. The number of aromatic nitrogens is 2. The van der Waals surface area contributed by atoms with E-state index in [1.54, 1.807) is 0 Å². The molecule has 0 aromatic carbocycles. The second kappa shape index (κ2) is 5.82. The SMILES string of the molecule is Cc1nnc(NC(=O)C(C)(C)C)cc1/C=C/N(C)C. The van der Waals surface area contributed by atoms with E-state index in [0.717, 1.165) is 11.3 Å². The van der Waals surface area contributed by atoms with E-state index in [1.165, 1.54) is 0 Å². The highest BCUT2D eigenvalue weighted by Gasteiger charge is 2.21. The molecule has 0 radical (unpaired) electrons. The maximum atomic E-state index is 11.9. The van der Waals surface area contributed by atoms with Gasteiger partial charge in [-0.3, -0.25) is 4.79 Å². The number of hydrogen-bond acceptors (Lipinski definition) is 4. The molecule has 0 spiro atoms. The Hall–Kier alpha value is -1.91. The number of aryl methyl sites for hydroxylation is 1. The Balaban J connectivity index is 2.94. The van der Waals surface area contributed by atoms with Gasteiger partial charge in [-0.05, 0) is 25.3 Å². The third-order valence-electron chi connectivity index (χ3n) is 2.49. The molecular formula is C14H22N4O. The number of rotatable bonds is 3. The molecule has 1 aromatic rings. The fraction of sp³-hybridized carbons (Fsp3) is 0.500. The Morgan fingerprint density at radius 1 is 1.32 bits per heavy atom. The van der Waals surface area contributed by atoms with Crippen LogP contribution in [0.25, 0.3) is 6.08 Å². The van der Waals surface area contributed by atoms with Crippen molar-refractivity contribution in [3.63, 3.8) is 0 Å². The zero-order valence-electron chi connectivity index (χ0n) is 12.5. The van der Waals surface area contributed by atoms with Gasteiger partial charge in [0.25, 0.3) is 0 Å². The van der Waals surface area contributed by atoms with Crippen molar-refractivity contribution in [2.75, 3.05) is 19.4 Å². The molecule has 1 amide bonds. The van der Waals surface area contributed by atoms with Crippen molar-refractivity contribution in [1.29, 1.82) is 0 Å². The molecule has 0 unspecified atom stereocenters. The average Bonchev–Trinajstić information content (AvgIpc) is 2.28.